The van der Waals surface area contributed by atoms with Gasteiger partial charge in [0.25, 0.3) is 0 Å². The van der Waals surface area contributed by atoms with E-state index >= 15 is 0 Å². The van der Waals surface area contributed by atoms with E-state index in [0.717, 1.165) is 33.0 Å². The van der Waals surface area contributed by atoms with Crippen LogP contribution < -0.4 is 0 Å². The molecule has 3 heterocycles. The Bertz CT molecular complexity index is 964. The number of fused-ring (bicyclic) bond motifs is 2. The number of halogens is 1. The van der Waals surface area contributed by atoms with E-state index in [1.807, 2.05) is 47.1 Å². The van der Waals surface area contributed by atoms with Crippen molar-refractivity contribution in [3.05, 3.63) is 71.6 Å². The molecule has 0 atom stereocenters. The molecule has 1 aromatic carbocycles. The topological polar surface area (TPSA) is 30.2 Å². The summed E-state index contributed by atoms with van der Waals surface area (Å²) in [5.41, 5.74) is 2.95. The lowest BCUT2D eigenvalue weighted by Crippen LogP contribution is -1.84. The summed E-state index contributed by atoms with van der Waals surface area (Å²) in [4.78, 5) is 9.25. The fraction of sp³-hybridized carbons (Fsp3) is 0.0588. The first-order valence-electron chi connectivity index (χ1n) is 6.90. The molecule has 0 N–H and O–H groups in total. The van der Waals surface area contributed by atoms with Gasteiger partial charge in [0.1, 0.15) is 5.65 Å². The van der Waals surface area contributed by atoms with Crippen LogP contribution in [0.3, 0.4) is 0 Å². The lowest BCUT2D eigenvalue weighted by atomic mass is 10.2. The van der Waals surface area contributed by atoms with Crippen LogP contribution in [0.25, 0.3) is 16.6 Å². The Kier molecular flexibility index (Phi) is 3.48. The Morgan fingerprint density at radius 3 is 2.82 bits per heavy atom. The Hall–Kier alpha value is -2.04. The molecule has 0 aliphatic carbocycles. The van der Waals surface area contributed by atoms with Crippen LogP contribution in [0, 0.1) is 0 Å². The summed E-state index contributed by atoms with van der Waals surface area (Å²) in [5.74, 6) is 0.782. The number of hydrogen-bond acceptors (Lipinski definition) is 3. The number of imidazole rings is 1. The molecule has 0 spiro atoms. The average molecular weight is 326 g/mol. The summed E-state index contributed by atoms with van der Waals surface area (Å²) in [7, 11) is 0. The Labute approximate surface area is 137 Å². The Morgan fingerprint density at radius 1 is 0.955 bits per heavy atom. The van der Waals surface area contributed by atoms with Gasteiger partial charge in [-0.1, -0.05) is 47.6 Å². The van der Waals surface area contributed by atoms with Gasteiger partial charge in [-0.25, -0.2) is 9.97 Å². The van der Waals surface area contributed by atoms with Crippen LogP contribution in [0.4, 0.5) is 0 Å². The van der Waals surface area contributed by atoms with Crippen LogP contribution in [0.1, 0.15) is 5.69 Å². The maximum absolute atomic E-state index is 5.99. The summed E-state index contributed by atoms with van der Waals surface area (Å²) >= 11 is 7.68. The SMILES string of the molecule is Clc1ccc2nc(CSc3ccc4ccccc4n3)cn2c1. The monoisotopic (exact) mass is 325 g/mol. The molecule has 22 heavy (non-hydrogen) atoms. The molecule has 0 saturated carbocycles. The predicted octanol–water partition coefficient (Wildman–Crippen LogP) is 4.83. The van der Waals surface area contributed by atoms with Crippen molar-refractivity contribution in [1.82, 2.24) is 14.4 Å². The molecular formula is C17H12ClN3S. The van der Waals surface area contributed by atoms with Crippen LogP contribution in [-0.2, 0) is 5.75 Å². The highest BCUT2D eigenvalue weighted by Crippen LogP contribution is 2.23. The molecule has 0 bridgehead atoms. The molecular weight excluding hydrogens is 314 g/mol. The number of hydrogen-bond donors (Lipinski definition) is 0. The molecule has 0 fully saturated rings. The highest BCUT2D eigenvalue weighted by atomic mass is 35.5. The molecule has 0 radical (unpaired) electrons. The van der Waals surface area contributed by atoms with Gasteiger partial charge in [0, 0.05) is 23.5 Å². The third kappa shape index (κ3) is 2.67. The largest absolute Gasteiger partial charge is 0.305 e. The number of thioether (sulfide) groups is 1. The maximum atomic E-state index is 5.99. The summed E-state index contributed by atoms with van der Waals surface area (Å²) in [6.45, 7) is 0. The third-order valence-corrected chi connectivity index (χ3v) is 4.59. The zero-order valence-corrected chi connectivity index (χ0v) is 13.2. The van der Waals surface area contributed by atoms with Crippen molar-refractivity contribution in [2.24, 2.45) is 0 Å². The highest BCUT2D eigenvalue weighted by Gasteiger charge is 2.04. The van der Waals surface area contributed by atoms with Crippen molar-refractivity contribution in [3.8, 4) is 0 Å². The summed E-state index contributed by atoms with van der Waals surface area (Å²) < 4.78 is 1.95. The first-order valence-corrected chi connectivity index (χ1v) is 8.26. The number of rotatable bonds is 3. The third-order valence-electron chi connectivity index (χ3n) is 3.41. The molecule has 5 heteroatoms. The molecule has 0 saturated heterocycles. The maximum Gasteiger partial charge on any atom is 0.137 e. The lowest BCUT2D eigenvalue weighted by Gasteiger charge is -2.01. The second-order valence-corrected chi connectivity index (χ2v) is 6.41. The molecule has 4 rings (SSSR count). The fourth-order valence-corrected chi connectivity index (χ4v) is 3.29. The molecule has 0 unspecified atom stereocenters. The summed E-state index contributed by atoms with van der Waals surface area (Å²) in [6, 6.07) is 16.1. The van der Waals surface area contributed by atoms with Gasteiger partial charge < -0.3 is 4.40 Å². The standard InChI is InChI=1S/C17H12ClN3S/c18-13-6-7-16-19-14(10-21(16)9-13)11-22-17-8-5-12-3-1-2-4-15(12)20-17/h1-10H,11H2. The van der Waals surface area contributed by atoms with E-state index in [-0.39, 0.29) is 0 Å². The minimum atomic E-state index is 0.709. The summed E-state index contributed by atoms with van der Waals surface area (Å²) in [6.07, 6.45) is 3.88. The first-order chi connectivity index (χ1) is 10.8. The molecule has 0 aliphatic heterocycles. The van der Waals surface area contributed by atoms with Gasteiger partial charge in [0.15, 0.2) is 0 Å². The first kappa shape index (κ1) is 13.6. The molecule has 3 nitrogen and oxygen atoms in total. The van der Waals surface area contributed by atoms with E-state index in [4.69, 9.17) is 11.6 Å². The molecule has 4 aromatic rings. The zero-order chi connectivity index (χ0) is 14.9. The molecule has 0 aliphatic rings. The normalized spacial score (nSPS) is 11.3. The van der Waals surface area contributed by atoms with Crippen molar-refractivity contribution in [2.75, 3.05) is 0 Å². The second-order valence-electron chi connectivity index (χ2n) is 4.98. The number of nitrogens with zero attached hydrogens (tertiary/aromatic N) is 3. The van der Waals surface area contributed by atoms with Crippen molar-refractivity contribution < 1.29 is 0 Å². The van der Waals surface area contributed by atoms with E-state index in [1.165, 1.54) is 0 Å². The highest BCUT2D eigenvalue weighted by molar-refractivity contribution is 7.98. The van der Waals surface area contributed by atoms with Crippen LogP contribution in [0.2, 0.25) is 5.02 Å². The van der Waals surface area contributed by atoms with E-state index < -0.39 is 0 Å². The van der Waals surface area contributed by atoms with Crippen LogP contribution in [0.15, 0.2) is 66.0 Å². The van der Waals surface area contributed by atoms with Gasteiger partial charge in [-0.2, -0.15) is 0 Å². The van der Waals surface area contributed by atoms with Gasteiger partial charge in [0.2, 0.25) is 0 Å². The Morgan fingerprint density at radius 2 is 1.86 bits per heavy atom. The van der Waals surface area contributed by atoms with Crippen molar-refractivity contribution in [1.29, 1.82) is 0 Å². The minimum Gasteiger partial charge on any atom is -0.305 e. The van der Waals surface area contributed by atoms with E-state index in [9.17, 15) is 0 Å². The number of aromatic nitrogens is 3. The quantitative estimate of drug-likeness (QED) is 0.505. The van der Waals surface area contributed by atoms with Crippen LogP contribution >= 0.6 is 23.4 Å². The van der Waals surface area contributed by atoms with Gasteiger partial charge in [-0.3, -0.25) is 0 Å². The molecule has 3 aromatic heterocycles. The number of benzene rings is 1. The van der Waals surface area contributed by atoms with Crippen LogP contribution in [0.5, 0.6) is 0 Å². The smallest absolute Gasteiger partial charge is 0.137 e. The van der Waals surface area contributed by atoms with Crippen molar-refractivity contribution >= 4 is 39.9 Å². The summed E-state index contributed by atoms with van der Waals surface area (Å²) in [5, 5.41) is 2.88. The number of pyridine rings is 2. The van der Waals surface area contributed by atoms with Crippen LogP contribution in [-0.4, -0.2) is 14.4 Å². The molecule has 0 amide bonds. The van der Waals surface area contributed by atoms with Gasteiger partial charge in [0.05, 0.1) is 21.3 Å². The minimum absolute atomic E-state index is 0.709. The average Bonchev–Trinajstić information content (AvgIpc) is 2.94. The van der Waals surface area contributed by atoms with Gasteiger partial charge in [-0.15, -0.1) is 0 Å². The van der Waals surface area contributed by atoms with Crippen molar-refractivity contribution in [2.45, 2.75) is 10.8 Å². The van der Waals surface area contributed by atoms with E-state index in [1.54, 1.807) is 11.8 Å². The van der Waals surface area contributed by atoms with E-state index in [0.29, 0.717) is 5.02 Å². The van der Waals surface area contributed by atoms with Gasteiger partial charge in [-0.05, 0) is 24.3 Å². The lowest BCUT2D eigenvalue weighted by molar-refractivity contribution is 1.17. The van der Waals surface area contributed by atoms with Gasteiger partial charge >= 0.3 is 0 Å². The Balaban J connectivity index is 1.56. The second kappa shape index (κ2) is 5.63. The number of para-hydroxylation sites is 1. The molecule has 108 valence electrons. The zero-order valence-electron chi connectivity index (χ0n) is 11.6. The van der Waals surface area contributed by atoms with E-state index in [2.05, 4.69) is 28.2 Å². The fourth-order valence-electron chi connectivity index (χ4n) is 2.36. The van der Waals surface area contributed by atoms with Crippen molar-refractivity contribution in [3.63, 3.8) is 0 Å². The predicted molar refractivity (Wildman–Crippen MR) is 91.5 cm³/mol.